The minimum atomic E-state index is -2.91. The van der Waals surface area contributed by atoms with Crippen molar-refractivity contribution in [1.29, 1.82) is 0 Å². The number of allylic oxidation sites excluding steroid dienone is 4. The topological polar surface area (TPSA) is 112 Å². The summed E-state index contributed by atoms with van der Waals surface area (Å²) in [5.41, 5.74) is -5.73. The Balaban J connectivity index is 4.91. The Morgan fingerprint density at radius 2 is 0.837 bits per heavy atom. The van der Waals surface area contributed by atoms with Crippen LogP contribution in [0.4, 0.5) is 0 Å². The molecule has 0 saturated heterocycles. The van der Waals surface area contributed by atoms with Crippen LogP contribution in [-0.4, -0.2) is 50.5 Å². The standard InChI is InChI=1S/C37H66O6/c1-4-7-10-13-14-15-16-17-18-19-20-21-22-25-26-29-33(39)36(42,32-38)37(43,34(40)30-27-23-11-8-5-2)35(41)31-28-24-12-9-6-3/h14-15,17-18,38,42-43H,4-13,16,19-32H2,1-3H3/b15-14-,18-17-. The molecule has 0 aliphatic carbocycles. The molecule has 0 aliphatic heterocycles. The first kappa shape index (κ1) is 41.4. The summed E-state index contributed by atoms with van der Waals surface area (Å²) in [6, 6.07) is 0. The van der Waals surface area contributed by atoms with Gasteiger partial charge in [-0.1, -0.05) is 129 Å². The van der Waals surface area contributed by atoms with Crippen LogP contribution in [0, 0.1) is 0 Å². The molecule has 0 aliphatic rings. The summed E-state index contributed by atoms with van der Waals surface area (Å²) in [5.74, 6) is -2.54. The second-order valence-corrected chi connectivity index (χ2v) is 12.3. The fraction of sp³-hybridized carbons (Fsp3) is 0.811. The molecule has 0 aromatic heterocycles. The van der Waals surface area contributed by atoms with Gasteiger partial charge < -0.3 is 15.3 Å². The highest BCUT2D eigenvalue weighted by atomic mass is 16.4. The van der Waals surface area contributed by atoms with Crippen molar-refractivity contribution in [2.75, 3.05) is 6.61 Å². The molecular weight excluding hydrogens is 540 g/mol. The van der Waals surface area contributed by atoms with Crippen LogP contribution >= 0.6 is 0 Å². The zero-order valence-electron chi connectivity index (χ0n) is 28.1. The maximum atomic E-state index is 13.3. The van der Waals surface area contributed by atoms with Gasteiger partial charge in [0.05, 0.1) is 6.61 Å². The van der Waals surface area contributed by atoms with Gasteiger partial charge in [-0.2, -0.15) is 0 Å². The highest BCUT2D eigenvalue weighted by molar-refractivity contribution is 6.16. The van der Waals surface area contributed by atoms with Crippen molar-refractivity contribution in [1.82, 2.24) is 0 Å². The molecule has 3 N–H and O–H groups in total. The number of rotatable bonds is 31. The lowest BCUT2D eigenvalue weighted by Gasteiger charge is -2.39. The Morgan fingerprint density at radius 1 is 0.488 bits per heavy atom. The first-order valence-electron chi connectivity index (χ1n) is 17.7. The van der Waals surface area contributed by atoms with Gasteiger partial charge in [-0.05, 0) is 51.4 Å². The summed E-state index contributed by atoms with van der Waals surface area (Å²) in [5, 5.41) is 33.0. The Labute approximate surface area is 263 Å². The van der Waals surface area contributed by atoms with Crippen molar-refractivity contribution in [3.05, 3.63) is 24.3 Å². The molecule has 0 fully saturated rings. The maximum Gasteiger partial charge on any atom is 0.219 e. The van der Waals surface area contributed by atoms with Crippen LogP contribution in [0.25, 0.3) is 0 Å². The van der Waals surface area contributed by atoms with Crippen LogP contribution in [-0.2, 0) is 14.4 Å². The lowest BCUT2D eigenvalue weighted by Crippen LogP contribution is -2.69. The van der Waals surface area contributed by atoms with Gasteiger partial charge in [0.2, 0.25) is 5.60 Å². The van der Waals surface area contributed by atoms with Crippen molar-refractivity contribution < 1.29 is 29.7 Å². The number of carbonyl (C=O) groups is 3. The molecule has 0 rings (SSSR count). The third-order valence-corrected chi connectivity index (χ3v) is 8.46. The van der Waals surface area contributed by atoms with Crippen LogP contribution in [0.5, 0.6) is 0 Å². The summed E-state index contributed by atoms with van der Waals surface area (Å²) in [6.07, 6.45) is 28.2. The van der Waals surface area contributed by atoms with Crippen LogP contribution in [0.1, 0.15) is 175 Å². The molecule has 0 aromatic carbocycles. The molecule has 0 spiro atoms. The minimum absolute atomic E-state index is 0.0998. The highest BCUT2D eigenvalue weighted by Gasteiger charge is 2.62. The lowest BCUT2D eigenvalue weighted by molar-refractivity contribution is -0.194. The van der Waals surface area contributed by atoms with E-state index in [1.165, 1.54) is 19.3 Å². The second kappa shape index (κ2) is 26.7. The van der Waals surface area contributed by atoms with E-state index in [2.05, 4.69) is 45.1 Å². The summed E-state index contributed by atoms with van der Waals surface area (Å²) >= 11 is 0. The normalized spacial score (nSPS) is 13.6. The highest BCUT2D eigenvalue weighted by Crippen LogP contribution is 2.32. The summed E-state index contributed by atoms with van der Waals surface area (Å²) < 4.78 is 0. The van der Waals surface area contributed by atoms with E-state index in [9.17, 15) is 29.7 Å². The third kappa shape index (κ3) is 16.9. The van der Waals surface area contributed by atoms with E-state index in [-0.39, 0.29) is 19.3 Å². The molecule has 0 aromatic rings. The van der Waals surface area contributed by atoms with Crippen molar-refractivity contribution in [3.63, 3.8) is 0 Å². The molecule has 0 radical (unpaired) electrons. The molecule has 0 saturated carbocycles. The number of hydrogen-bond donors (Lipinski definition) is 3. The van der Waals surface area contributed by atoms with Gasteiger partial charge in [-0.3, -0.25) is 14.4 Å². The predicted molar refractivity (Wildman–Crippen MR) is 178 cm³/mol. The molecule has 6 heteroatoms. The SMILES string of the molecule is CCCCC/C=C\C/C=C\CCCCCCCC(=O)C(O)(CO)C(O)(C(=O)CCCCCCC)C(=O)CCCCCCC. The molecule has 1 atom stereocenters. The van der Waals surface area contributed by atoms with Gasteiger partial charge in [0.15, 0.2) is 23.0 Å². The number of unbranched alkanes of at least 4 members (excludes halogenated alkanes) is 16. The molecule has 6 nitrogen and oxygen atoms in total. The van der Waals surface area contributed by atoms with Crippen LogP contribution in [0.2, 0.25) is 0 Å². The van der Waals surface area contributed by atoms with Gasteiger partial charge in [0.25, 0.3) is 0 Å². The zero-order valence-corrected chi connectivity index (χ0v) is 28.1. The number of ketones is 3. The Bertz CT molecular complexity index is 760. The quantitative estimate of drug-likeness (QED) is 0.0413. The van der Waals surface area contributed by atoms with Crippen molar-refractivity contribution in [3.8, 4) is 0 Å². The molecule has 0 amide bonds. The number of aliphatic hydroxyl groups is 3. The lowest BCUT2D eigenvalue weighted by atomic mass is 9.71. The smallest absolute Gasteiger partial charge is 0.219 e. The summed E-state index contributed by atoms with van der Waals surface area (Å²) in [4.78, 5) is 39.8. The van der Waals surface area contributed by atoms with E-state index in [0.29, 0.717) is 19.3 Å². The van der Waals surface area contributed by atoms with Crippen molar-refractivity contribution in [2.24, 2.45) is 0 Å². The molecule has 0 bridgehead atoms. The van der Waals surface area contributed by atoms with Gasteiger partial charge in [0.1, 0.15) is 0 Å². The Hall–Kier alpha value is -1.63. The molecule has 43 heavy (non-hydrogen) atoms. The number of aliphatic hydroxyl groups excluding tert-OH is 1. The van der Waals surface area contributed by atoms with Gasteiger partial charge >= 0.3 is 0 Å². The predicted octanol–water partition coefficient (Wildman–Crippen LogP) is 8.68. The molecular formula is C37H66O6. The first-order valence-corrected chi connectivity index (χ1v) is 17.7. The van der Waals surface area contributed by atoms with Gasteiger partial charge in [0, 0.05) is 19.3 Å². The Morgan fingerprint density at radius 3 is 1.28 bits per heavy atom. The van der Waals surface area contributed by atoms with E-state index < -0.39 is 35.2 Å². The van der Waals surface area contributed by atoms with E-state index in [1.807, 2.05) is 0 Å². The summed E-state index contributed by atoms with van der Waals surface area (Å²) in [6.45, 7) is 5.23. The van der Waals surface area contributed by atoms with Crippen LogP contribution in [0.15, 0.2) is 24.3 Å². The Kier molecular flexibility index (Phi) is 25.7. The zero-order chi connectivity index (χ0) is 32.2. The van der Waals surface area contributed by atoms with Crippen molar-refractivity contribution in [2.45, 2.75) is 186 Å². The van der Waals surface area contributed by atoms with Crippen LogP contribution in [0.3, 0.4) is 0 Å². The average molecular weight is 607 g/mol. The monoisotopic (exact) mass is 606 g/mol. The van der Waals surface area contributed by atoms with Gasteiger partial charge in [-0.15, -0.1) is 0 Å². The second-order valence-electron chi connectivity index (χ2n) is 12.3. The van der Waals surface area contributed by atoms with E-state index in [4.69, 9.17) is 0 Å². The fourth-order valence-corrected chi connectivity index (χ4v) is 5.46. The number of carbonyl (C=O) groups excluding carboxylic acids is 3. The van der Waals surface area contributed by atoms with E-state index >= 15 is 0 Å². The number of hydrogen-bond acceptors (Lipinski definition) is 6. The van der Waals surface area contributed by atoms with E-state index in [1.54, 1.807) is 0 Å². The van der Waals surface area contributed by atoms with Crippen LogP contribution < -0.4 is 0 Å². The molecule has 0 heterocycles. The summed E-state index contributed by atoms with van der Waals surface area (Å²) in [7, 11) is 0. The van der Waals surface area contributed by atoms with E-state index in [0.717, 1.165) is 96.3 Å². The average Bonchev–Trinajstić information content (AvgIpc) is 3.01. The van der Waals surface area contributed by atoms with Crippen molar-refractivity contribution >= 4 is 17.3 Å². The third-order valence-electron chi connectivity index (χ3n) is 8.46. The number of Topliss-reactive ketones (excluding diaryl/α,β-unsaturated/α-hetero) is 3. The maximum absolute atomic E-state index is 13.3. The minimum Gasteiger partial charge on any atom is -0.393 e. The van der Waals surface area contributed by atoms with Gasteiger partial charge in [-0.25, -0.2) is 0 Å². The molecule has 250 valence electrons. The largest absolute Gasteiger partial charge is 0.393 e. The fourth-order valence-electron chi connectivity index (χ4n) is 5.46. The first-order chi connectivity index (χ1) is 20.8. The molecule has 1 unspecified atom stereocenters.